The Hall–Kier alpha value is -7.98. The number of nitrogens with zero attached hydrogens (tertiary/aromatic N) is 2. The molecule has 4 aromatic rings. The number of carbonyl (C=O) groups is 7. The van der Waals surface area contributed by atoms with Gasteiger partial charge in [0.15, 0.2) is 5.78 Å². The van der Waals surface area contributed by atoms with E-state index in [4.69, 9.17) is 52.0 Å². The standard InChI is InChI=1S/C45H71NO11.C22H31NO4.C16H15ClFNO.C15H13ClFNO2/c1-11-14-33-20-26(2)19-27(3)21-38(54-9)41-39(55-10)23-30(6)45(52,57-41)42(49)43(50)46-18-13-12-15-34(46)44(51)56-40(31(7)35(47)25-36(33)48)29(5)22-32-17-16-28(4)37(24-32)53-8;1-20-8-6-14(23-3)10-13(20)4-5-15-16-7-9-22(27,18(26)12-24)21(16,2)11-17(25)19(15)20;1-10-6-7-15(12(8-10)9-11(2)20)19-16-13(17)4-3-5-14(16)18;1-9-5-6-13(10(7-9)8-14(19)20)18-15-11(16)3-2-4-12(15)17/h11,20,22,27-28,30-35,37-41,47,52H,1,12-19,21,23-25H2,2-10H3;6,8,10,15-17,19,24-25,27H,4-5,7,9,11-12H2,1-3H3;3-8,19H,9H2,1-2H3;2-7,18H,8H2,1H3,(H,19,20)/b26-20+,29-22+;;;/t27-,28+,30+,31+,32-,33+,34-,35-,37+,38-,39-,40+,41+,45+;15?,16?,17-,19?,20-,21-,22-;;/m00../s1. The number of ether oxygens (including phenoxy) is 5. The number of hydrogen-bond donors (Lipinski definition) is 8. The number of cyclic esters (lactones) is 1. The number of esters is 1. The molecule has 3 aliphatic heterocycles. The summed E-state index contributed by atoms with van der Waals surface area (Å²) >= 11 is 11.9. The third kappa shape index (κ3) is 23.1. The molecule has 678 valence electrons. The first-order valence-electron chi connectivity index (χ1n) is 43.6. The van der Waals surface area contributed by atoms with Gasteiger partial charge in [-0.25, -0.2) is 13.6 Å². The average molecular weight is 1760 g/mol. The Bertz CT molecular complexity index is 4510. The van der Waals surface area contributed by atoms with E-state index in [1.54, 1.807) is 64.4 Å². The van der Waals surface area contributed by atoms with Crippen LogP contribution in [-0.2, 0) is 70.1 Å². The van der Waals surface area contributed by atoms with Gasteiger partial charge in [-0.2, -0.15) is 0 Å². The fourth-order valence-corrected chi connectivity index (χ4v) is 21.1. The highest BCUT2D eigenvalue weighted by Gasteiger charge is 2.68. The third-order valence-corrected chi connectivity index (χ3v) is 28.1. The highest BCUT2D eigenvalue weighted by molar-refractivity contribution is 6.39. The van der Waals surface area contributed by atoms with Gasteiger partial charge in [-0.15, -0.1) is 6.58 Å². The molecule has 0 aromatic heterocycles. The Balaban J connectivity index is 0.000000212. The fraction of sp³-hybridized carbons (Fsp3) is 0.571. The number of anilines is 4. The number of carboxylic acids is 1. The number of aryl methyl sites for hydroxylation is 2. The second-order valence-corrected chi connectivity index (χ2v) is 37.1. The number of Topliss-reactive ketones (excluding diaryl/α,β-unsaturated/α-hetero) is 4. The van der Waals surface area contributed by atoms with Gasteiger partial charge in [-0.05, 0) is 226 Å². The maximum absolute atomic E-state index is 14.3. The molecule has 3 heterocycles. The zero-order valence-electron chi connectivity index (χ0n) is 74.5. The van der Waals surface area contributed by atoms with Crippen LogP contribution in [0.25, 0.3) is 0 Å². The van der Waals surface area contributed by atoms with Crippen molar-refractivity contribution in [3.8, 4) is 0 Å². The number of ketones is 4. The van der Waals surface area contributed by atoms with Crippen LogP contribution in [0.4, 0.5) is 31.5 Å². The summed E-state index contributed by atoms with van der Waals surface area (Å²) in [6.07, 6.45) is 16.8. The van der Waals surface area contributed by atoms with Crippen molar-refractivity contribution in [2.75, 3.05) is 52.2 Å². The first-order chi connectivity index (χ1) is 58.6. The molecule has 2 bridgehead atoms. The van der Waals surface area contributed by atoms with E-state index in [9.17, 15) is 67.9 Å². The summed E-state index contributed by atoms with van der Waals surface area (Å²) in [7, 11) is 6.59. The van der Waals surface area contributed by atoms with Crippen LogP contribution in [0.3, 0.4) is 0 Å². The molecular formula is C98H130Cl2F2N4O18. The molecule has 4 saturated carbocycles. The number of piperidine rings is 1. The molecule has 4 aromatic carbocycles. The lowest BCUT2D eigenvalue weighted by Gasteiger charge is -2.59. The maximum Gasteiger partial charge on any atom is 0.329 e. The van der Waals surface area contributed by atoms with E-state index in [2.05, 4.69) is 61.2 Å². The normalized spacial score (nSPS) is 33.1. The number of rotatable bonds is 17. The minimum absolute atomic E-state index is 0.0237. The molecule has 21 atom stereocenters. The molecule has 124 heavy (non-hydrogen) atoms. The molecule has 12 rings (SSSR count). The number of para-hydroxylation sites is 2. The molecule has 1 amide bonds. The largest absolute Gasteiger partial charge is 0.481 e. The highest BCUT2D eigenvalue weighted by atomic mass is 35.5. The summed E-state index contributed by atoms with van der Waals surface area (Å²) in [5.41, 5.74) is 6.58. The maximum atomic E-state index is 14.3. The van der Waals surface area contributed by atoms with Crippen LogP contribution >= 0.6 is 23.2 Å². The van der Waals surface area contributed by atoms with Gasteiger partial charge >= 0.3 is 11.9 Å². The van der Waals surface area contributed by atoms with Crippen molar-refractivity contribution in [1.29, 1.82) is 0 Å². The lowest BCUT2D eigenvalue weighted by atomic mass is 9.46. The second-order valence-electron chi connectivity index (χ2n) is 36.3. The van der Waals surface area contributed by atoms with Crippen LogP contribution in [0.15, 0.2) is 138 Å². The van der Waals surface area contributed by atoms with Crippen molar-refractivity contribution >= 4 is 92.6 Å². The number of benzene rings is 4. The van der Waals surface area contributed by atoms with Gasteiger partial charge in [0.2, 0.25) is 5.79 Å². The zero-order valence-corrected chi connectivity index (χ0v) is 76.1. The van der Waals surface area contributed by atoms with E-state index in [0.717, 1.165) is 72.1 Å². The summed E-state index contributed by atoms with van der Waals surface area (Å²) in [6, 6.07) is 18.7. The van der Waals surface area contributed by atoms with Crippen molar-refractivity contribution in [3.63, 3.8) is 0 Å². The van der Waals surface area contributed by atoms with Crippen molar-refractivity contribution in [2.24, 2.45) is 69.1 Å². The van der Waals surface area contributed by atoms with Crippen LogP contribution in [-0.4, -0.2) is 184 Å². The molecule has 3 unspecified atom stereocenters. The van der Waals surface area contributed by atoms with Gasteiger partial charge in [0.05, 0.1) is 64.1 Å². The number of aliphatic carboxylic acids is 1. The Morgan fingerprint density at radius 1 is 0.766 bits per heavy atom. The Kier molecular flexibility index (Phi) is 35.2. The van der Waals surface area contributed by atoms with Crippen molar-refractivity contribution in [2.45, 2.75) is 252 Å². The number of aliphatic imine (C=N–C) groups is 1. The van der Waals surface area contributed by atoms with Crippen molar-refractivity contribution < 1.29 is 96.7 Å². The SMILES string of the molecule is C=CC[C@@H]1/C=C(\C)C[C@H](C)C[C@H](OC)[C@H]2O[C@@](O)(C(=O)C(=O)N3CCCC[C@H]3C(=O)O[C@H](/C(C)=C/[C@@H]3CC[C@@H](C)[C@H](OC)C3)[C@H](C)[C@@H](O)CC1=O)[C@H](C)C[C@@H]2OC.CC(=O)Cc1cc(C)ccc1Nc1c(F)cccc1Cl.CN=C1C=C[C@@]2(C)C(=C1)CCC1C2[C@@H](O)C[C@@]2(C)C1CC[C@]2(O)C(=O)CO.Cc1ccc(Nc2c(F)cccc2Cl)c(CC(=O)O)c1. The minimum Gasteiger partial charge on any atom is -0.481 e. The average Bonchev–Trinajstić information content (AvgIpc) is 1.49. The van der Waals surface area contributed by atoms with Gasteiger partial charge < -0.3 is 69.9 Å². The summed E-state index contributed by atoms with van der Waals surface area (Å²) in [5.74, 6) is -8.74. The van der Waals surface area contributed by atoms with Gasteiger partial charge in [-0.1, -0.05) is 148 Å². The number of fused-ring (bicyclic) bond motifs is 8. The lowest BCUT2D eigenvalue weighted by molar-refractivity contribution is -0.302. The first-order valence-corrected chi connectivity index (χ1v) is 44.4. The van der Waals surface area contributed by atoms with Crippen LogP contribution < -0.4 is 10.6 Å². The molecule has 6 fully saturated rings. The van der Waals surface area contributed by atoms with Crippen LogP contribution in [0.1, 0.15) is 187 Å². The van der Waals surface area contributed by atoms with Gasteiger partial charge in [0.1, 0.15) is 53.7 Å². The van der Waals surface area contributed by atoms with Crippen LogP contribution in [0.2, 0.25) is 10.0 Å². The van der Waals surface area contributed by atoms with E-state index < -0.39 is 125 Å². The predicted molar refractivity (Wildman–Crippen MR) is 477 cm³/mol. The number of halogens is 4. The van der Waals surface area contributed by atoms with E-state index in [1.165, 1.54) is 49.8 Å². The summed E-state index contributed by atoms with van der Waals surface area (Å²) < 4.78 is 57.6. The van der Waals surface area contributed by atoms with E-state index in [-0.39, 0.29) is 101 Å². The van der Waals surface area contributed by atoms with Crippen LogP contribution in [0.5, 0.6) is 0 Å². The number of carboxylic acid groups (broad SMARTS) is 1. The van der Waals surface area contributed by atoms with E-state index in [1.807, 2.05) is 71.0 Å². The quantitative estimate of drug-likeness (QED) is 0.0277. The minimum atomic E-state index is -2.49. The molecule has 8 N–H and O–H groups in total. The van der Waals surface area contributed by atoms with Crippen molar-refractivity contribution in [3.05, 3.63) is 176 Å². The number of nitrogens with one attached hydrogen (secondary N) is 2. The molecular weight excluding hydrogens is 1630 g/mol. The number of allylic oxidation sites excluding steroid dienone is 8. The number of carbonyl (C=O) groups excluding carboxylic acids is 6. The number of aliphatic hydroxyl groups is 5. The number of hydrogen-bond acceptors (Lipinski definition) is 20. The summed E-state index contributed by atoms with van der Waals surface area (Å²) in [5, 5.41) is 71.0. The molecule has 8 aliphatic rings. The molecule has 26 heteroatoms. The van der Waals surface area contributed by atoms with Crippen LogP contribution in [0, 0.1) is 89.6 Å². The highest BCUT2D eigenvalue weighted by Crippen LogP contribution is 2.67. The van der Waals surface area contributed by atoms with Gasteiger partial charge in [-0.3, -0.25) is 33.8 Å². The zero-order chi connectivity index (χ0) is 91.2. The lowest BCUT2D eigenvalue weighted by Crippen LogP contribution is -2.64. The first kappa shape index (κ1) is 99.8. The van der Waals surface area contributed by atoms with Gasteiger partial charge in [0, 0.05) is 93.6 Å². The van der Waals surface area contributed by atoms with Gasteiger partial charge in [0.25, 0.3) is 11.7 Å². The summed E-state index contributed by atoms with van der Waals surface area (Å²) in [4.78, 5) is 96.9. The van der Waals surface area contributed by atoms with Crippen molar-refractivity contribution in [1.82, 2.24) is 4.90 Å². The van der Waals surface area contributed by atoms with E-state index >= 15 is 0 Å². The topological polar surface area (TPSA) is 327 Å². The summed E-state index contributed by atoms with van der Waals surface area (Å²) in [6.45, 7) is 24.3. The number of aliphatic hydroxyl groups excluding tert-OH is 3. The molecule has 0 spiro atoms. The third-order valence-electron chi connectivity index (χ3n) is 27.5. The smallest absolute Gasteiger partial charge is 0.329 e. The fourth-order valence-electron chi connectivity index (χ4n) is 20.7. The predicted octanol–water partition coefficient (Wildman–Crippen LogP) is 16.8. The molecule has 5 aliphatic carbocycles. The number of methoxy groups -OCH3 is 3. The Labute approximate surface area is 739 Å². The molecule has 2 saturated heterocycles. The van der Waals surface area contributed by atoms with E-state index in [0.29, 0.717) is 79.2 Å². The molecule has 22 nitrogen and oxygen atoms in total. The Morgan fingerprint density at radius 3 is 1.94 bits per heavy atom. The Morgan fingerprint density at radius 2 is 1.37 bits per heavy atom. The number of amides is 1. The molecule has 0 radical (unpaired) electrons. The second kappa shape index (κ2) is 43.7. The monoisotopic (exact) mass is 1760 g/mol.